The highest BCUT2D eigenvalue weighted by molar-refractivity contribution is 6.30. The molecule has 0 aliphatic heterocycles. The largest absolute Gasteiger partial charge is 0.353 e. The van der Waals surface area contributed by atoms with Crippen LogP contribution < -0.4 is 4.90 Å². The van der Waals surface area contributed by atoms with Crippen LogP contribution in [0.2, 0.25) is 10.2 Å². The van der Waals surface area contributed by atoms with Crippen molar-refractivity contribution in [1.82, 2.24) is 9.97 Å². The van der Waals surface area contributed by atoms with Crippen LogP contribution in [0, 0.1) is 6.92 Å². The summed E-state index contributed by atoms with van der Waals surface area (Å²) < 4.78 is 0. The molecular weight excluding hydrogens is 281 g/mol. The van der Waals surface area contributed by atoms with Gasteiger partial charge >= 0.3 is 0 Å². The van der Waals surface area contributed by atoms with Gasteiger partial charge in [0.2, 0.25) is 0 Å². The van der Waals surface area contributed by atoms with E-state index >= 15 is 0 Å². The zero-order chi connectivity index (χ0) is 14.0. The lowest BCUT2D eigenvalue weighted by atomic mass is 10.1. The van der Waals surface area contributed by atoms with Crippen LogP contribution in [0.25, 0.3) is 0 Å². The Balaban J connectivity index is 2.30. The van der Waals surface area contributed by atoms with E-state index < -0.39 is 0 Å². The molecule has 0 fully saturated rings. The number of nitrogens with zero attached hydrogens (tertiary/aromatic N) is 3. The van der Waals surface area contributed by atoms with Crippen molar-refractivity contribution in [1.29, 1.82) is 0 Å². The Hall–Kier alpha value is -1.32. The molecule has 0 bridgehead atoms. The molecule has 1 aromatic heterocycles. The molecule has 19 heavy (non-hydrogen) atoms. The topological polar surface area (TPSA) is 29.0 Å². The van der Waals surface area contributed by atoms with Gasteiger partial charge in [0.15, 0.2) is 0 Å². The van der Waals surface area contributed by atoms with Crippen molar-refractivity contribution >= 4 is 29.0 Å². The van der Waals surface area contributed by atoms with E-state index in [9.17, 15) is 0 Å². The van der Waals surface area contributed by atoms with E-state index in [2.05, 4.69) is 21.8 Å². The molecule has 0 aliphatic carbocycles. The first-order valence-corrected chi connectivity index (χ1v) is 6.71. The molecule has 1 unspecified atom stereocenters. The lowest BCUT2D eigenvalue weighted by Gasteiger charge is -2.27. The van der Waals surface area contributed by atoms with Crippen LogP contribution >= 0.6 is 23.2 Å². The van der Waals surface area contributed by atoms with Crippen molar-refractivity contribution in [3.8, 4) is 0 Å². The molecule has 0 spiro atoms. The lowest BCUT2D eigenvalue weighted by molar-refractivity contribution is 0.724. The fourth-order valence-corrected chi connectivity index (χ4v) is 2.18. The Bertz CT molecular complexity index is 569. The quantitative estimate of drug-likeness (QED) is 0.791. The predicted molar refractivity (Wildman–Crippen MR) is 80.0 cm³/mol. The summed E-state index contributed by atoms with van der Waals surface area (Å²) in [5.74, 6) is 0.836. The number of anilines is 1. The number of benzene rings is 1. The summed E-state index contributed by atoms with van der Waals surface area (Å²) in [5, 5.41) is 1.22. The molecule has 2 aromatic rings. The van der Waals surface area contributed by atoms with Crippen molar-refractivity contribution in [3.05, 3.63) is 51.9 Å². The van der Waals surface area contributed by atoms with Gasteiger partial charge in [0.25, 0.3) is 0 Å². The van der Waals surface area contributed by atoms with Gasteiger partial charge in [0.1, 0.15) is 17.3 Å². The van der Waals surface area contributed by atoms with Crippen molar-refractivity contribution in [2.45, 2.75) is 19.9 Å². The molecule has 5 heteroatoms. The minimum absolute atomic E-state index is 0.168. The smallest absolute Gasteiger partial charge is 0.137 e. The van der Waals surface area contributed by atoms with Gasteiger partial charge in [-0.2, -0.15) is 0 Å². The van der Waals surface area contributed by atoms with Crippen molar-refractivity contribution < 1.29 is 0 Å². The summed E-state index contributed by atoms with van der Waals surface area (Å²) in [6.45, 7) is 4.03. The number of aromatic nitrogens is 2. The van der Waals surface area contributed by atoms with Gasteiger partial charge in [-0.3, -0.25) is 0 Å². The van der Waals surface area contributed by atoms with E-state index in [0.29, 0.717) is 5.15 Å². The first-order valence-electron chi connectivity index (χ1n) is 5.96. The van der Waals surface area contributed by atoms with Crippen LogP contribution in [-0.2, 0) is 0 Å². The molecule has 0 saturated carbocycles. The second-order valence-electron chi connectivity index (χ2n) is 4.45. The Labute approximate surface area is 123 Å². The summed E-state index contributed by atoms with van der Waals surface area (Å²) >= 11 is 11.9. The molecule has 0 N–H and O–H groups in total. The molecule has 3 nitrogen and oxygen atoms in total. The maximum absolute atomic E-state index is 6.03. The van der Waals surface area contributed by atoms with E-state index in [1.54, 1.807) is 0 Å². The molecule has 1 heterocycles. The molecule has 0 radical (unpaired) electrons. The molecule has 100 valence electrons. The summed E-state index contributed by atoms with van der Waals surface area (Å²) in [5.41, 5.74) is 2.05. The predicted octanol–water partition coefficient (Wildman–Crippen LogP) is 4.29. The van der Waals surface area contributed by atoms with Crippen LogP contribution in [0.4, 0.5) is 5.82 Å². The molecule has 0 saturated heterocycles. The summed E-state index contributed by atoms with van der Waals surface area (Å²) in [4.78, 5) is 10.4. The minimum atomic E-state index is 0.168. The Morgan fingerprint density at radius 1 is 1.11 bits per heavy atom. The number of rotatable bonds is 3. The maximum Gasteiger partial charge on any atom is 0.137 e. The average molecular weight is 296 g/mol. The number of hydrogen-bond donors (Lipinski definition) is 0. The molecule has 2 rings (SSSR count). The second-order valence-corrected chi connectivity index (χ2v) is 5.25. The van der Waals surface area contributed by atoms with Crippen LogP contribution in [0.5, 0.6) is 0 Å². The van der Waals surface area contributed by atoms with E-state index in [1.807, 2.05) is 38.2 Å². The normalized spacial score (nSPS) is 12.3. The highest BCUT2D eigenvalue weighted by atomic mass is 35.5. The van der Waals surface area contributed by atoms with Crippen molar-refractivity contribution in [2.75, 3.05) is 11.9 Å². The maximum atomic E-state index is 6.03. The molecule has 0 amide bonds. The number of halogens is 2. The van der Waals surface area contributed by atoms with Crippen LogP contribution in [0.1, 0.15) is 24.1 Å². The molecule has 1 atom stereocenters. The van der Waals surface area contributed by atoms with Gasteiger partial charge in [0, 0.05) is 17.6 Å². The fraction of sp³-hybridized carbons (Fsp3) is 0.286. The summed E-state index contributed by atoms with van der Waals surface area (Å²) in [6.07, 6.45) is 1.48. The zero-order valence-corrected chi connectivity index (χ0v) is 12.6. The van der Waals surface area contributed by atoms with Crippen LogP contribution in [0.15, 0.2) is 30.6 Å². The summed E-state index contributed by atoms with van der Waals surface area (Å²) in [7, 11) is 1.99. The first kappa shape index (κ1) is 14.1. The zero-order valence-electron chi connectivity index (χ0n) is 11.1. The Morgan fingerprint density at radius 3 is 2.37 bits per heavy atom. The van der Waals surface area contributed by atoms with E-state index in [1.165, 1.54) is 11.9 Å². The van der Waals surface area contributed by atoms with E-state index in [-0.39, 0.29) is 6.04 Å². The Morgan fingerprint density at radius 2 is 1.74 bits per heavy atom. The van der Waals surface area contributed by atoms with Gasteiger partial charge in [-0.25, -0.2) is 9.97 Å². The second kappa shape index (κ2) is 5.76. The minimum Gasteiger partial charge on any atom is -0.353 e. The molecular formula is C14H15Cl2N3. The third kappa shape index (κ3) is 2.99. The van der Waals surface area contributed by atoms with Crippen LogP contribution in [0.3, 0.4) is 0 Å². The van der Waals surface area contributed by atoms with E-state index in [4.69, 9.17) is 23.2 Å². The highest BCUT2D eigenvalue weighted by Gasteiger charge is 2.16. The van der Waals surface area contributed by atoms with Crippen molar-refractivity contribution in [3.63, 3.8) is 0 Å². The fourth-order valence-electron chi connectivity index (χ4n) is 1.92. The first-order chi connectivity index (χ1) is 9.00. The van der Waals surface area contributed by atoms with E-state index in [0.717, 1.165) is 16.4 Å². The molecule has 0 aliphatic rings. The van der Waals surface area contributed by atoms with Crippen LogP contribution in [-0.4, -0.2) is 17.0 Å². The monoisotopic (exact) mass is 295 g/mol. The Kier molecular flexibility index (Phi) is 4.27. The van der Waals surface area contributed by atoms with Gasteiger partial charge in [0.05, 0.1) is 6.04 Å². The van der Waals surface area contributed by atoms with Gasteiger partial charge in [-0.15, -0.1) is 0 Å². The third-order valence-electron chi connectivity index (χ3n) is 3.26. The highest BCUT2D eigenvalue weighted by Crippen LogP contribution is 2.28. The third-order valence-corrected chi connectivity index (χ3v) is 3.90. The standard InChI is InChI=1S/C14H15Cl2N3/c1-9-13(16)17-8-18-14(9)19(3)10(2)11-4-6-12(15)7-5-11/h4-8,10H,1-3H3. The van der Waals surface area contributed by atoms with Gasteiger partial charge < -0.3 is 4.90 Å². The van der Waals surface area contributed by atoms with Crippen molar-refractivity contribution in [2.24, 2.45) is 0 Å². The molecule has 1 aromatic carbocycles. The van der Waals surface area contributed by atoms with Gasteiger partial charge in [-0.1, -0.05) is 35.3 Å². The lowest BCUT2D eigenvalue weighted by Crippen LogP contribution is -2.23. The number of hydrogen-bond acceptors (Lipinski definition) is 3. The summed E-state index contributed by atoms with van der Waals surface area (Å²) in [6, 6.07) is 7.98. The van der Waals surface area contributed by atoms with Gasteiger partial charge in [-0.05, 0) is 31.5 Å². The average Bonchev–Trinajstić information content (AvgIpc) is 2.41. The SMILES string of the molecule is Cc1c(Cl)ncnc1N(C)C(C)c1ccc(Cl)cc1.